The minimum absolute atomic E-state index is 0.0329. The lowest BCUT2D eigenvalue weighted by atomic mass is 9.85. The zero-order chi connectivity index (χ0) is 17.9. The third-order valence-electron chi connectivity index (χ3n) is 5.34. The van der Waals surface area contributed by atoms with Gasteiger partial charge < -0.3 is 15.4 Å². The van der Waals surface area contributed by atoms with Gasteiger partial charge in [0.15, 0.2) is 0 Å². The fourth-order valence-electron chi connectivity index (χ4n) is 3.80. The molecule has 4 nitrogen and oxygen atoms in total. The lowest BCUT2D eigenvalue weighted by Crippen LogP contribution is -2.51. The number of carbonyl (C=O) groups is 1. The highest BCUT2D eigenvalue weighted by Gasteiger charge is 2.38. The zero-order valence-electron chi connectivity index (χ0n) is 14.5. The summed E-state index contributed by atoms with van der Waals surface area (Å²) in [5.74, 6) is 0.714. The molecule has 1 aliphatic heterocycles. The molecule has 4 rings (SSSR count). The highest BCUT2D eigenvalue weighted by atomic mass is 19.1. The van der Waals surface area contributed by atoms with Crippen molar-refractivity contribution in [3.05, 3.63) is 66.0 Å². The van der Waals surface area contributed by atoms with Gasteiger partial charge >= 0.3 is 0 Å². The summed E-state index contributed by atoms with van der Waals surface area (Å²) < 4.78 is 18.7. The Morgan fingerprint density at radius 3 is 2.50 bits per heavy atom. The number of ether oxygens (including phenoxy) is 1. The quantitative estimate of drug-likeness (QED) is 0.868. The van der Waals surface area contributed by atoms with Gasteiger partial charge in [-0.15, -0.1) is 0 Å². The molecular weight excluding hydrogens is 331 g/mol. The molecule has 1 heterocycles. The van der Waals surface area contributed by atoms with Crippen molar-refractivity contribution < 1.29 is 13.9 Å². The molecule has 2 atom stereocenters. The van der Waals surface area contributed by atoms with Crippen molar-refractivity contribution in [3.63, 3.8) is 0 Å². The van der Waals surface area contributed by atoms with Crippen LogP contribution in [0.1, 0.15) is 24.3 Å². The van der Waals surface area contributed by atoms with Gasteiger partial charge in [-0.25, -0.2) is 4.39 Å². The van der Waals surface area contributed by atoms with E-state index in [1.807, 2.05) is 18.2 Å². The second-order valence-corrected chi connectivity index (χ2v) is 7.15. The number of hydrogen-bond donors (Lipinski definition) is 2. The molecule has 2 aliphatic rings. The van der Waals surface area contributed by atoms with Gasteiger partial charge in [-0.1, -0.05) is 30.3 Å². The van der Waals surface area contributed by atoms with Crippen molar-refractivity contribution in [1.29, 1.82) is 0 Å². The fourth-order valence-corrected chi connectivity index (χ4v) is 3.80. The van der Waals surface area contributed by atoms with Crippen LogP contribution in [0.15, 0.2) is 54.6 Å². The maximum absolute atomic E-state index is 12.9. The number of rotatable bonds is 5. The van der Waals surface area contributed by atoms with Gasteiger partial charge in [0.1, 0.15) is 17.7 Å². The van der Waals surface area contributed by atoms with Crippen LogP contribution in [0.2, 0.25) is 0 Å². The predicted octanol–water partition coefficient (Wildman–Crippen LogP) is 2.85. The number of amides is 1. The summed E-state index contributed by atoms with van der Waals surface area (Å²) in [6, 6.07) is 16.4. The Morgan fingerprint density at radius 2 is 1.77 bits per heavy atom. The number of carbonyl (C=O) groups excluding carboxylic acids is 1. The summed E-state index contributed by atoms with van der Waals surface area (Å²) in [5, 5.41) is 6.50. The van der Waals surface area contributed by atoms with Crippen LogP contribution in [-0.2, 0) is 4.79 Å². The molecule has 1 saturated carbocycles. The van der Waals surface area contributed by atoms with E-state index in [1.165, 1.54) is 17.7 Å². The Hall–Kier alpha value is -2.40. The van der Waals surface area contributed by atoms with Crippen LogP contribution in [0.5, 0.6) is 5.75 Å². The average molecular weight is 354 g/mol. The molecule has 5 heteroatoms. The van der Waals surface area contributed by atoms with Gasteiger partial charge in [0.2, 0.25) is 5.91 Å². The maximum Gasteiger partial charge on any atom is 0.225 e. The Kier molecular flexibility index (Phi) is 4.89. The second kappa shape index (κ2) is 7.46. The van der Waals surface area contributed by atoms with Crippen molar-refractivity contribution in [1.82, 2.24) is 10.6 Å². The Bertz CT molecular complexity index is 744. The third kappa shape index (κ3) is 3.73. The number of nitrogens with one attached hydrogen (secondary N) is 2. The van der Waals surface area contributed by atoms with Crippen molar-refractivity contribution in [2.75, 3.05) is 13.1 Å². The molecule has 2 aromatic rings. The van der Waals surface area contributed by atoms with Crippen LogP contribution < -0.4 is 15.4 Å². The molecule has 26 heavy (non-hydrogen) atoms. The van der Waals surface area contributed by atoms with Gasteiger partial charge in [-0.2, -0.15) is 0 Å². The summed E-state index contributed by atoms with van der Waals surface area (Å²) in [5.41, 5.74) is 1.21. The molecule has 1 aliphatic carbocycles. The molecule has 0 bridgehead atoms. The standard InChI is InChI=1S/C21H23FN2O2/c22-15-6-8-17(9-7-15)26-18-10-16(11-18)24-21(25)20-13-23-12-19(20)14-4-2-1-3-5-14/h1-9,16,18-20,23H,10-13H2,(H,24,25)/t16?,18?,19-,20+/m1/s1. The monoisotopic (exact) mass is 354 g/mol. The fraction of sp³-hybridized carbons (Fsp3) is 0.381. The first-order valence-electron chi connectivity index (χ1n) is 9.17. The molecule has 0 spiro atoms. The zero-order valence-corrected chi connectivity index (χ0v) is 14.5. The Balaban J connectivity index is 1.27. The minimum atomic E-state index is -0.269. The molecule has 2 aromatic carbocycles. The topological polar surface area (TPSA) is 50.4 Å². The maximum atomic E-state index is 12.9. The predicted molar refractivity (Wildman–Crippen MR) is 97.5 cm³/mol. The average Bonchev–Trinajstić information content (AvgIpc) is 3.12. The van der Waals surface area contributed by atoms with E-state index in [2.05, 4.69) is 22.8 Å². The van der Waals surface area contributed by atoms with Gasteiger partial charge in [0.05, 0.1) is 5.92 Å². The van der Waals surface area contributed by atoms with Crippen LogP contribution in [0, 0.1) is 11.7 Å². The first-order chi connectivity index (χ1) is 12.7. The van der Waals surface area contributed by atoms with Crippen LogP contribution >= 0.6 is 0 Å². The van der Waals surface area contributed by atoms with E-state index in [-0.39, 0.29) is 35.7 Å². The van der Waals surface area contributed by atoms with Crippen molar-refractivity contribution >= 4 is 5.91 Å². The van der Waals surface area contributed by atoms with E-state index >= 15 is 0 Å². The molecule has 2 N–H and O–H groups in total. The minimum Gasteiger partial charge on any atom is -0.490 e. The molecule has 0 unspecified atom stereocenters. The van der Waals surface area contributed by atoms with E-state index in [0.717, 1.165) is 19.4 Å². The molecule has 0 radical (unpaired) electrons. The summed E-state index contributed by atoms with van der Waals surface area (Å²) in [6.45, 7) is 1.55. The summed E-state index contributed by atoms with van der Waals surface area (Å²) in [6.07, 6.45) is 1.66. The molecule has 136 valence electrons. The largest absolute Gasteiger partial charge is 0.490 e. The second-order valence-electron chi connectivity index (χ2n) is 7.15. The highest BCUT2D eigenvalue weighted by molar-refractivity contribution is 5.81. The van der Waals surface area contributed by atoms with E-state index in [9.17, 15) is 9.18 Å². The lowest BCUT2D eigenvalue weighted by molar-refractivity contribution is -0.126. The van der Waals surface area contributed by atoms with Crippen LogP contribution in [0.4, 0.5) is 4.39 Å². The van der Waals surface area contributed by atoms with E-state index in [0.29, 0.717) is 12.3 Å². The Morgan fingerprint density at radius 1 is 1.04 bits per heavy atom. The first kappa shape index (κ1) is 17.0. The molecule has 0 aromatic heterocycles. The summed E-state index contributed by atoms with van der Waals surface area (Å²) in [4.78, 5) is 12.7. The molecule has 1 amide bonds. The number of hydrogen-bond acceptors (Lipinski definition) is 3. The van der Waals surface area contributed by atoms with Crippen molar-refractivity contribution in [3.8, 4) is 5.75 Å². The number of benzene rings is 2. The van der Waals surface area contributed by atoms with E-state index in [4.69, 9.17) is 4.74 Å². The van der Waals surface area contributed by atoms with Crippen molar-refractivity contribution in [2.24, 2.45) is 5.92 Å². The number of halogens is 1. The Labute approximate surface area is 152 Å². The summed E-state index contributed by atoms with van der Waals surface area (Å²) in [7, 11) is 0. The smallest absolute Gasteiger partial charge is 0.225 e. The van der Waals surface area contributed by atoms with Crippen LogP contribution in [-0.4, -0.2) is 31.1 Å². The van der Waals surface area contributed by atoms with Crippen LogP contribution in [0.25, 0.3) is 0 Å². The van der Waals surface area contributed by atoms with E-state index < -0.39 is 0 Å². The van der Waals surface area contributed by atoms with E-state index in [1.54, 1.807) is 12.1 Å². The molecule has 1 saturated heterocycles. The first-order valence-corrected chi connectivity index (χ1v) is 9.17. The van der Waals surface area contributed by atoms with Crippen molar-refractivity contribution in [2.45, 2.75) is 30.9 Å². The third-order valence-corrected chi connectivity index (χ3v) is 5.34. The van der Waals surface area contributed by atoms with Gasteiger partial charge in [-0.05, 0) is 29.8 Å². The molecular formula is C21H23FN2O2. The normalized spacial score (nSPS) is 27.6. The van der Waals surface area contributed by atoms with Gasteiger partial charge in [-0.3, -0.25) is 4.79 Å². The van der Waals surface area contributed by atoms with Gasteiger partial charge in [0, 0.05) is 37.9 Å². The SMILES string of the molecule is O=C(NC1CC(Oc2ccc(F)cc2)C1)[C@H]1CNC[C@@H]1c1ccccc1. The van der Waals surface area contributed by atoms with Crippen LogP contribution in [0.3, 0.4) is 0 Å². The summed E-state index contributed by atoms with van der Waals surface area (Å²) >= 11 is 0. The van der Waals surface area contributed by atoms with Gasteiger partial charge in [0.25, 0.3) is 0 Å². The molecule has 2 fully saturated rings. The highest BCUT2D eigenvalue weighted by Crippen LogP contribution is 2.30. The lowest BCUT2D eigenvalue weighted by Gasteiger charge is -2.36.